The summed E-state index contributed by atoms with van der Waals surface area (Å²) in [5.41, 5.74) is 2.57. The fraction of sp³-hybridized carbons (Fsp3) is 0.316. The average Bonchev–Trinajstić information content (AvgIpc) is 2.53. The van der Waals surface area contributed by atoms with Crippen molar-refractivity contribution in [2.45, 2.75) is 32.8 Å². The summed E-state index contributed by atoms with van der Waals surface area (Å²) in [7, 11) is 0. The highest BCUT2D eigenvalue weighted by molar-refractivity contribution is 9.10. The molecule has 3 nitrogen and oxygen atoms in total. The zero-order chi connectivity index (χ0) is 16.7. The van der Waals surface area contributed by atoms with Crippen LogP contribution >= 0.6 is 15.9 Å². The standard InChI is InChI=1S/C19H22BrNO2/c1-14-5-3-6-16(13-14)7-4-12-21-19(22)15(2)23-18-10-8-17(20)9-11-18/h3,5-6,8-11,13,15H,4,7,12H2,1-2H3,(H,21,22). The van der Waals surface area contributed by atoms with Gasteiger partial charge in [0.25, 0.3) is 5.91 Å². The maximum absolute atomic E-state index is 12.0. The zero-order valence-electron chi connectivity index (χ0n) is 13.5. The van der Waals surface area contributed by atoms with E-state index in [0.29, 0.717) is 12.3 Å². The number of benzene rings is 2. The van der Waals surface area contributed by atoms with Crippen molar-refractivity contribution >= 4 is 21.8 Å². The van der Waals surface area contributed by atoms with Crippen molar-refractivity contribution in [1.82, 2.24) is 5.32 Å². The summed E-state index contributed by atoms with van der Waals surface area (Å²) < 4.78 is 6.61. The van der Waals surface area contributed by atoms with E-state index in [1.165, 1.54) is 11.1 Å². The number of halogens is 1. The summed E-state index contributed by atoms with van der Waals surface area (Å²) in [5, 5.41) is 2.93. The summed E-state index contributed by atoms with van der Waals surface area (Å²) in [6, 6.07) is 15.9. The number of aryl methyl sites for hydroxylation is 2. The van der Waals surface area contributed by atoms with E-state index in [2.05, 4.69) is 52.4 Å². The third kappa shape index (κ3) is 6.06. The van der Waals surface area contributed by atoms with Crippen molar-refractivity contribution in [2.24, 2.45) is 0 Å². The van der Waals surface area contributed by atoms with Gasteiger partial charge in [-0.3, -0.25) is 4.79 Å². The Labute approximate surface area is 146 Å². The fourth-order valence-corrected chi connectivity index (χ4v) is 2.55. The normalized spacial score (nSPS) is 11.8. The molecular formula is C19H22BrNO2. The number of carbonyl (C=O) groups is 1. The van der Waals surface area contributed by atoms with Crippen LogP contribution in [0, 0.1) is 6.92 Å². The monoisotopic (exact) mass is 375 g/mol. The Kier molecular flexibility index (Phi) is 6.66. The van der Waals surface area contributed by atoms with Gasteiger partial charge in [-0.15, -0.1) is 0 Å². The molecule has 0 saturated heterocycles. The second kappa shape index (κ2) is 8.73. The Hall–Kier alpha value is -1.81. The highest BCUT2D eigenvalue weighted by Crippen LogP contribution is 2.17. The molecule has 0 aromatic heterocycles. The van der Waals surface area contributed by atoms with Crippen LogP contribution in [0.2, 0.25) is 0 Å². The predicted octanol–water partition coefficient (Wildman–Crippen LogP) is 4.27. The Morgan fingerprint density at radius 3 is 2.65 bits per heavy atom. The fourth-order valence-electron chi connectivity index (χ4n) is 2.29. The predicted molar refractivity (Wildman–Crippen MR) is 96.7 cm³/mol. The summed E-state index contributed by atoms with van der Waals surface area (Å²) >= 11 is 3.37. The van der Waals surface area contributed by atoms with Gasteiger partial charge in [-0.05, 0) is 56.5 Å². The number of rotatable bonds is 7. The molecular weight excluding hydrogens is 354 g/mol. The molecule has 1 unspecified atom stereocenters. The highest BCUT2D eigenvalue weighted by Gasteiger charge is 2.13. The molecule has 0 radical (unpaired) electrons. The molecule has 0 aliphatic rings. The molecule has 0 heterocycles. The third-order valence-electron chi connectivity index (χ3n) is 3.52. The third-order valence-corrected chi connectivity index (χ3v) is 4.05. The minimum atomic E-state index is -0.504. The van der Waals surface area contributed by atoms with Gasteiger partial charge in [-0.1, -0.05) is 45.8 Å². The van der Waals surface area contributed by atoms with Crippen LogP contribution in [0.15, 0.2) is 53.0 Å². The maximum Gasteiger partial charge on any atom is 0.260 e. The van der Waals surface area contributed by atoms with Crippen LogP contribution in [0.3, 0.4) is 0 Å². The first-order valence-electron chi connectivity index (χ1n) is 7.80. The Balaban J connectivity index is 1.70. The van der Waals surface area contributed by atoms with Crippen molar-refractivity contribution in [3.8, 4) is 5.75 Å². The van der Waals surface area contributed by atoms with Gasteiger partial charge in [0.05, 0.1) is 0 Å². The quantitative estimate of drug-likeness (QED) is 0.733. The van der Waals surface area contributed by atoms with E-state index in [0.717, 1.165) is 17.3 Å². The number of ether oxygens (including phenoxy) is 1. The average molecular weight is 376 g/mol. The van der Waals surface area contributed by atoms with Gasteiger partial charge in [-0.25, -0.2) is 0 Å². The van der Waals surface area contributed by atoms with Gasteiger partial charge >= 0.3 is 0 Å². The number of nitrogens with one attached hydrogen (secondary N) is 1. The first-order valence-corrected chi connectivity index (χ1v) is 8.59. The van der Waals surface area contributed by atoms with Gasteiger partial charge < -0.3 is 10.1 Å². The molecule has 23 heavy (non-hydrogen) atoms. The number of carbonyl (C=O) groups excluding carboxylic acids is 1. The summed E-state index contributed by atoms with van der Waals surface area (Å²) in [6.45, 7) is 4.51. The molecule has 2 aromatic carbocycles. The van der Waals surface area contributed by atoms with Crippen LogP contribution in [0.25, 0.3) is 0 Å². The molecule has 0 fully saturated rings. The van der Waals surface area contributed by atoms with Crippen LogP contribution in [-0.2, 0) is 11.2 Å². The Morgan fingerprint density at radius 2 is 1.96 bits per heavy atom. The molecule has 2 rings (SSSR count). The van der Waals surface area contributed by atoms with E-state index in [1.807, 2.05) is 24.3 Å². The van der Waals surface area contributed by atoms with E-state index in [4.69, 9.17) is 4.74 Å². The van der Waals surface area contributed by atoms with E-state index >= 15 is 0 Å². The molecule has 0 aliphatic carbocycles. The smallest absolute Gasteiger partial charge is 0.260 e. The molecule has 4 heteroatoms. The lowest BCUT2D eigenvalue weighted by Crippen LogP contribution is -2.36. The van der Waals surface area contributed by atoms with Crippen molar-refractivity contribution in [3.63, 3.8) is 0 Å². The van der Waals surface area contributed by atoms with Gasteiger partial charge in [0, 0.05) is 11.0 Å². The maximum atomic E-state index is 12.0. The van der Waals surface area contributed by atoms with Crippen LogP contribution < -0.4 is 10.1 Å². The van der Waals surface area contributed by atoms with Crippen LogP contribution in [-0.4, -0.2) is 18.6 Å². The topological polar surface area (TPSA) is 38.3 Å². The lowest BCUT2D eigenvalue weighted by molar-refractivity contribution is -0.127. The minimum absolute atomic E-state index is 0.0860. The Bertz CT molecular complexity index is 640. The van der Waals surface area contributed by atoms with Crippen molar-refractivity contribution in [3.05, 3.63) is 64.1 Å². The molecule has 0 aliphatic heterocycles. The number of amides is 1. The van der Waals surface area contributed by atoms with Crippen LogP contribution in [0.4, 0.5) is 0 Å². The first kappa shape index (κ1) is 17.5. The van der Waals surface area contributed by atoms with Crippen molar-refractivity contribution in [2.75, 3.05) is 6.54 Å². The van der Waals surface area contributed by atoms with Gasteiger partial charge in [0.15, 0.2) is 6.10 Å². The first-order chi connectivity index (χ1) is 11.0. The molecule has 1 amide bonds. The van der Waals surface area contributed by atoms with Crippen LogP contribution in [0.5, 0.6) is 5.75 Å². The molecule has 0 spiro atoms. The Morgan fingerprint density at radius 1 is 1.22 bits per heavy atom. The van der Waals surface area contributed by atoms with Gasteiger partial charge in [0.1, 0.15) is 5.75 Å². The lowest BCUT2D eigenvalue weighted by Gasteiger charge is -2.14. The largest absolute Gasteiger partial charge is 0.481 e. The second-order valence-corrected chi connectivity index (χ2v) is 6.51. The van der Waals surface area contributed by atoms with E-state index in [-0.39, 0.29) is 5.91 Å². The summed E-state index contributed by atoms with van der Waals surface area (Å²) in [4.78, 5) is 12.0. The van der Waals surface area contributed by atoms with E-state index in [1.54, 1.807) is 6.92 Å². The second-order valence-electron chi connectivity index (χ2n) is 5.60. The minimum Gasteiger partial charge on any atom is -0.481 e. The molecule has 122 valence electrons. The zero-order valence-corrected chi connectivity index (χ0v) is 15.1. The molecule has 0 bridgehead atoms. The van der Waals surface area contributed by atoms with Gasteiger partial charge in [0.2, 0.25) is 0 Å². The summed E-state index contributed by atoms with van der Waals surface area (Å²) in [6.07, 6.45) is 1.37. The molecule has 2 aromatic rings. The highest BCUT2D eigenvalue weighted by atomic mass is 79.9. The van der Waals surface area contributed by atoms with Crippen molar-refractivity contribution < 1.29 is 9.53 Å². The molecule has 1 N–H and O–H groups in total. The number of hydrogen-bond donors (Lipinski definition) is 1. The SMILES string of the molecule is Cc1cccc(CCCNC(=O)C(C)Oc2ccc(Br)cc2)c1. The summed E-state index contributed by atoms with van der Waals surface area (Å²) in [5.74, 6) is 0.604. The molecule has 1 atom stereocenters. The van der Waals surface area contributed by atoms with Crippen molar-refractivity contribution in [1.29, 1.82) is 0 Å². The lowest BCUT2D eigenvalue weighted by atomic mass is 10.1. The number of hydrogen-bond acceptors (Lipinski definition) is 2. The van der Waals surface area contributed by atoms with E-state index in [9.17, 15) is 4.79 Å². The van der Waals surface area contributed by atoms with E-state index < -0.39 is 6.10 Å². The van der Waals surface area contributed by atoms with Crippen LogP contribution in [0.1, 0.15) is 24.5 Å². The van der Waals surface area contributed by atoms with Gasteiger partial charge in [-0.2, -0.15) is 0 Å². The molecule has 0 saturated carbocycles.